The van der Waals surface area contributed by atoms with Gasteiger partial charge in [0.25, 0.3) is 0 Å². The molecule has 0 saturated heterocycles. The van der Waals surface area contributed by atoms with Gasteiger partial charge in [-0.25, -0.2) is 4.79 Å². The van der Waals surface area contributed by atoms with Crippen LogP contribution in [0.25, 0.3) is 0 Å². The summed E-state index contributed by atoms with van der Waals surface area (Å²) in [4.78, 5) is 10.4. The number of halogens is 2. The van der Waals surface area contributed by atoms with Gasteiger partial charge in [0.1, 0.15) is 16.9 Å². The Kier molecular flexibility index (Phi) is 3.64. The van der Waals surface area contributed by atoms with Gasteiger partial charge in [-0.3, -0.25) is 0 Å². The standard InChI is InChI=1S/C11H11Cl2NO3/c12-8-2-1-3-9(10(8)13)17-7-4-6(5-7)14-11(15)16/h1-3,6-7,14H,4-5H2,(H,15,16)/t6-,7+. The van der Waals surface area contributed by atoms with Crippen molar-refractivity contribution in [3.8, 4) is 5.75 Å². The normalized spacial score (nSPS) is 22.7. The third kappa shape index (κ3) is 2.96. The second-order valence-corrected chi connectivity index (χ2v) is 4.69. The first-order valence-electron chi connectivity index (χ1n) is 5.16. The van der Waals surface area contributed by atoms with Crippen molar-refractivity contribution in [1.29, 1.82) is 0 Å². The van der Waals surface area contributed by atoms with E-state index in [4.69, 9.17) is 33.0 Å². The molecule has 17 heavy (non-hydrogen) atoms. The second kappa shape index (κ2) is 5.02. The van der Waals surface area contributed by atoms with Gasteiger partial charge in [0.05, 0.1) is 5.02 Å². The highest BCUT2D eigenvalue weighted by Gasteiger charge is 2.32. The van der Waals surface area contributed by atoms with Crippen LogP contribution in [0, 0.1) is 0 Å². The van der Waals surface area contributed by atoms with Gasteiger partial charge in [-0.2, -0.15) is 0 Å². The first kappa shape index (κ1) is 12.3. The fraction of sp³-hybridized carbons (Fsp3) is 0.364. The van der Waals surface area contributed by atoms with E-state index >= 15 is 0 Å². The molecule has 0 spiro atoms. The maximum Gasteiger partial charge on any atom is 0.404 e. The van der Waals surface area contributed by atoms with E-state index in [0.717, 1.165) is 0 Å². The van der Waals surface area contributed by atoms with Gasteiger partial charge in [-0.05, 0) is 12.1 Å². The number of carboxylic acid groups (broad SMARTS) is 1. The summed E-state index contributed by atoms with van der Waals surface area (Å²) < 4.78 is 5.62. The molecular formula is C11H11Cl2NO3. The fourth-order valence-electron chi connectivity index (χ4n) is 1.71. The Morgan fingerprint density at radius 3 is 2.76 bits per heavy atom. The van der Waals surface area contributed by atoms with Crippen molar-refractivity contribution in [3.63, 3.8) is 0 Å². The van der Waals surface area contributed by atoms with Crippen molar-refractivity contribution >= 4 is 29.3 Å². The van der Waals surface area contributed by atoms with Gasteiger partial charge >= 0.3 is 6.09 Å². The zero-order valence-electron chi connectivity index (χ0n) is 8.82. The lowest BCUT2D eigenvalue weighted by Gasteiger charge is -2.35. The third-order valence-corrected chi connectivity index (χ3v) is 3.43. The number of nitrogens with one attached hydrogen (secondary N) is 1. The highest BCUT2D eigenvalue weighted by molar-refractivity contribution is 6.42. The molecule has 1 aliphatic rings. The minimum absolute atomic E-state index is 0.0113. The largest absolute Gasteiger partial charge is 0.489 e. The van der Waals surface area contributed by atoms with Crippen molar-refractivity contribution in [2.45, 2.75) is 25.0 Å². The molecule has 0 atom stereocenters. The van der Waals surface area contributed by atoms with Crippen molar-refractivity contribution in [3.05, 3.63) is 28.2 Å². The molecule has 6 heteroatoms. The van der Waals surface area contributed by atoms with E-state index in [2.05, 4.69) is 5.32 Å². The molecule has 1 aliphatic carbocycles. The molecule has 2 rings (SSSR count). The topological polar surface area (TPSA) is 58.6 Å². The molecule has 0 heterocycles. The van der Waals surface area contributed by atoms with Crippen molar-refractivity contribution in [2.24, 2.45) is 0 Å². The van der Waals surface area contributed by atoms with Gasteiger partial charge in [0.2, 0.25) is 0 Å². The average Bonchev–Trinajstić information content (AvgIpc) is 2.20. The third-order valence-electron chi connectivity index (χ3n) is 2.63. The van der Waals surface area contributed by atoms with Crippen LogP contribution in [0.1, 0.15) is 12.8 Å². The molecule has 0 radical (unpaired) electrons. The lowest BCUT2D eigenvalue weighted by molar-refractivity contribution is 0.0835. The van der Waals surface area contributed by atoms with E-state index in [1.54, 1.807) is 18.2 Å². The SMILES string of the molecule is O=C(O)N[C@H]1C[C@@H](Oc2cccc(Cl)c2Cl)C1. The zero-order valence-corrected chi connectivity index (χ0v) is 10.3. The molecule has 2 N–H and O–H groups in total. The molecule has 1 aromatic rings. The maximum absolute atomic E-state index is 10.4. The molecule has 0 aromatic heterocycles. The Bertz CT molecular complexity index is 433. The van der Waals surface area contributed by atoms with Crippen molar-refractivity contribution in [1.82, 2.24) is 5.32 Å². The molecule has 1 amide bonds. The number of carbonyl (C=O) groups is 1. The molecule has 1 fully saturated rings. The van der Waals surface area contributed by atoms with Crippen LogP contribution in [0.3, 0.4) is 0 Å². The summed E-state index contributed by atoms with van der Waals surface area (Å²) in [6.45, 7) is 0. The van der Waals surface area contributed by atoms with Gasteiger partial charge in [-0.1, -0.05) is 29.3 Å². The highest BCUT2D eigenvalue weighted by Crippen LogP contribution is 2.34. The number of rotatable bonds is 3. The highest BCUT2D eigenvalue weighted by atomic mass is 35.5. The Balaban J connectivity index is 1.88. The number of amides is 1. The fourth-order valence-corrected chi connectivity index (χ4v) is 2.05. The van der Waals surface area contributed by atoms with Crippen LogP contribution >= 0.6 is 23.2 Å². The summed E-state index contributed by atoms with van der Waals surface area (Å²) in [5, 5.41) is 11.8. The minimum atomic E-state index is -1.01. The van der Waals surface area contributed by atoms with Gasteiger partial charge in [0.15, 0.2) is 0 Å². The van der Waals surface area contributed by atoms with E-state index in [-0.39, 0.29) is 12.1 Å². The van der Waals surface area contributed by atoms with Gasteiger partial charge < -0.3 is 15.2 Å². The van der Waals surface area contributed by atoms with Crippen LogP contribution in [0.15, 0.2) is 18.2 Å². The molecule has 4 nitrogen and oxygen atoms in total. The van der Waals surface area contributed by atoms with Crippen LogP contribution in [0.2, 0.25) is 10.0 Å². The lowest BCUT2D eigenvalue weighted by Crippen LogP contribution is -2.48. The smallest absolute Gasteiger partial charge is 0.404 e. The summed E-state index contributed by atoms with van der Waals surface area (Å²) in [6.07, 6.45) is 0.279. The molecular weight excluding hydrogens is 265 g/mol. The summed E-state index contributed by atoms with van der Waals surface area (Å²) in [5.41, 5.74) is 0. The maximum atomic E-state index is 10.4. The number of hydrogen-bond donors (Lipinski definition) is 2. The summed E-state index contributed by atoms with van der Waals surface area (Å²) in [5.74, 6) is 0.540. The van der Waals surface area contributed by atoms with E-state index in [0.29, 0.717) is 28.6 Å². The summed E-state index contributed by atoms with van der Waals surface area (Å²) in [7, 11) is 0. The van der Waals surface area contributed by atoms with E-state index in [1.807, 2.05) is 0 Å². The van der Waals surface area contributed by atoms with Gasteiger partial charge in [0, 0.05) is 18.9 Å². The summed E-state index contributed by atoms with van der Waals surface area (Å²) in [6, 6.07) is 5.16. The summed E-state index contributed by atoms with van der Waals surface area (Å²) >= 11 is 11.8. The number of ether oxygens (including phenoxy) is 1. The minimum Gasteiger partial charge on any atom is -0.489 e. The number of benzene rings is 1. The van der Waals surface area contributed by atoms with E-state index < -0.39 is 6.09 Å². The first-order valence-corrected chi connectivity index (χ1v) is 5.92. The molecule has 0 bridgehead atoms. The Morgan fingerprint density at radius 2 is 2.12 bits per heavy atom. The van der Waals surface area contributed by atoms with Crippen LogP contribution in [-0.4, -0.2) is 23.3 Å². The Labute approximate surface area is 108 Å². The Morgan fingerprint density at radius 1 is 1.41 bits per heavy atom. The second-order valence-electron chi connectivity index (χ2n) is 3.91. The van der Waals surface area contributed by atoms with Crippen LogP contribution in [0.5, 0.6) is 5.75 Å². The predicted molar refractivity (Wildman–Crippen MR) is 65.1 cm³/mol. The molecule has 1 aromatic carbocycles. The quantitative estimate of drug-likeness (QED) is 0.891. The van der Waals surface area contributed by atoms with E-state index in [1.165, 1.54) is 0 Å². The van der Waals surface area contributed by atoms with Crippen LogP contribution in [0.4, 0.5) is 4.79 Å². The van der Waals surface area contributed by atoms with Crippen LogP contribution < -0.4 is 10.1 Å². The van der Waals surface area contributed by atoms with Crippen LogP contribution in [-0.2, 0) is 0 Å². The average molecular weight is 276 g/mol. The zero-order chi connectivity index (χ0) is 12.4. The monoisotopic (exact) mass is 275 g/mol. The molecule has 0 aliphatic heterocycles. The lowest BCUT2D eigenvalue weighted by atomic mass is 9.89. The van der Waals surface area contributed by atoms with E-state index in [9.17, 15) is 4.79 Å². The first-order chi connectivity index (χ1) is 8.06. The van der Waals surface area contributed by atoms with Crippen molar-refractivity contribution in [2.75, 3.05) is 0 Å². The predicted octanol–water partition coefficient (Wildman–Crippen LogP) is 3.17. The Hall–Kier alpha value is -1.13. The van der Waals surface area contributed by atoms with Crippen molar-refractivity contribution < 1.29 is 14.6 Å². The molecule has 0 unspecified atom stereocenters. The van der Waals surface area contributed by atoms with Gasteiger partial charge in [-0.15, -0.1) is 0 Å². The molecule has 1 saturated carbocycles. The molecule has 92 valence electrons. The number of hydrogen-bond acceptors (Lipinski definition) is 2.